The first-order chi connectivity index (χ1) is 9.15. The van der Waals surface area contributed by atoms with E-state index in [0.29, 0.717) is 6.42 Å². The van der Waals surface area contributed by atoms with Crippen LogP contribution < -0.4 is 0 Å². The van der Waals surface area contributed by atoms with Crippen LogP contribution in [0.2, 0.25) is 0 Å². The standard InChI is InChI=1S/C12H13NS6/c1-7-9(14-3)18-11(16-7)12-17-8(2)10(19-12)15-6-4-5-13/h4,6H2,1-3H3/b12-11-. The average Bonchev–Trinajstić information content (AvgIpc) is 2.93. The van der Waals surface area contributed by atoms with Gasteiger partial charge in [-0.25, -0.2) is 0 Å². The van der Waals surface area contributed by atoms with Gasteiger partial charge in [-0.2, -0.15) is 5.26 Å². The third-order valence-corrected chi connectivity index (χ3v) is 10.8. The molecule has 0 aromatic rings. The molecule has 102 valence electrons. The van der Waals surface area contributed by atoms with Crippen LogP contribution in [0, 0.1) is 11.3 Å². The van der Waals surface area contributed by atoms with Gasteiger partial charge in [0.2, 0.25) is 0 Å². The molecule has 19 heavy (non-hydrogen) atoms. The van der Waals surface area contributed by atoms with E-state index in [1.54, 1.807) is 0 Å². The van der Waals surface area contributed by atoms with Gasteiger partial charge in [0.25, 0.3) is 0 Å². The molecule has 2 rings (SSSR count). The van der Waals surface area contributed by atoms with Gasteiger partial charge in [-0.05, 0) is 20.1 Å². The van der Waals surface area contributed by atoms with Crippen molar-refractivity contribution in [2.45, 2.75) is 20.3 Å². The molecule has 0 fully saturated rings. The average molecular weight is 364 g/mol. The third kappa shape index (κ3) is 4.14. The highest BCUT2D eigenvalue weighted by atomic mass is 32.2. The molecular formula is C12H13NS6. The van der Waals surface area contributed by atoms with Crippen molar-refractivity contribution < 1.29 is 0 Å². The van der Waals surface area contributed by atoms with Crippen LogP contribution in [0.1, 0.15) is 20.3 Å². The molecule has 0 atom stereocenters. The van der Waals surface area contributed by atoms with Crippen LogP contribution in [0.3, 0.4) is 0 Å². The molecule has 7 heteroatoms. The molecule has 0 saturated heterocycles. The van der Waals surface area contributed by atoms with E-state index >= 15 is 0 Å². The molecule has 0 aromatic carbocycles. The van der Waals surface area contributed by atoms with Crippen LogP contribution >= 0.6 is 70.6 Å². The zero-order chi connectivity index (χ0) is 13.8. The first-order valence-electron chi connectivity index (χ1n) is 5.57. The quantitative estimate of drug-likeness (QED) is 0.528. The number of thioether (sulfide) groups is 6. The summed E-state index contributed by atoms with van der Waals surface area (Å²) in [5.74, 6) is 0.896. The number of nitriles is 1. The van der Waals surface area contributed by atoms with Gasteiger partial charge in [0, 0.05) is 22.0 Å². The van der Waals surface area contributed by atoms with Gasteiger partial charge >= 0.3 is 0 Å². The number of allylic oxidation sites excluding steroid dienone is 2. The van der Waals surface area contributed by atoms with Crippen molar-refractivity contribution in [3.05, 3.63) is 26.8 Å². The maximum atomic E-state index is 8.60. The molecule has 0 aliphatic carbocycles. The molecule has 2 aliphatic rings. The van der Waals surface area contributed by atoms with E-state index in [-0.39, 0.29) is 0 Å². The van der Waals surface area contributed by atoms with Crippen molar-refractivity contribution in [2.24, 2.45) is 0 Å². The van der Waals surface area contributed by atoms with Gasteiger partial charge in [-0.3, -0.25) is 0 Å². The summed E-state index contributed by atoms with van der Waals surface area (Å²) < 4.78 is 5.64. The minimum Gasteiger partial charge on any atom is -0.198 e. The van der Waals surface area contributed by atoms with Gasteiger partial charge in [-0.1, -0.05) is 47.0 Å². The molecule has 2 aliphatic heterocycles. The molecular weight excluding hydrogens is 351 g/mol. The molecule has 2 heterocycles. The molecule has 1 nitrogen and oxygen atoms in total. The highest BCUT2D eigenvalue weighted by Gasteiger charge is 2.26. The molecule has 0 radical (unpaired) electrons. The molecule has 0 unspecified atom stereocenters. The first kappa shape index (κ1) is 16.2. The molecule has 0 amide bonds. The fourth-order valence-corrected chi connectivity index (χ4v) is 9.33. The lowest BCUT2D eigenvalue weighted by Gasteiger charge is -2.02. The molecule has 0 N–H and O–H groups in total. The normalized spacial score (nSPS) is 23.5. The van der Waals surface area contributed by atoms with Crippen LogP contribution in [0.15, 0.2) is 26.8 Å². The summed E-state index contributed by atoms with van der Waals surface area (Å²) >= 11 is 11.2. The molecule has 0 aromatic heterocycles. The van der Waals surface area contributed by atoms with Crippen molar-refractivity contribution >= 4 is 70.6 Å². The van der Waals surface area contributed by atoms with Crippen LogP contribution in [-0.2, 0) is 0 Å². The Labute approximate surface area is 140 Å². The Hall–Kier alpha value is 0.810. The summed E-state index contributed by atoms with van der Waals surface area (Å²) in [4.78, 5) is 2.80. The van der Waals surface area contributed by atoms with Gasteiger partial charge in [0.15, 0.2) is 0 Å². The summed E-state index contributed by atoms with van der Waals surface area (Å²) in [7, 11) is 0. The lowest BCUT2D eigenvalue weighted by atomic mass is 10.6. The Morgan fingerprint density at radius 1 is 1.00 bits per heavy atom. The van der Waals surface area contributed by atoms with Crippen LogP contribution in [0.4, 0.5) is 0 Å². The zero-order valence-corrected chi connectivity index (χ0v) is 15.7. The number of hydrogen-bond donors (Lipinski definition) is 0. The lowest BCUT2D eigenvalue weighted by molar-refractivity contribution is 1.24. The van der Waals surface area contributed by atoms with E-state index in [9.17, 15) is 0 Å². The summed E-state index contributed by atoms with van der Waals surface area (Å²) in [5.41, 5.74) is 0. The Balaban J connectivity index is 1.99. The smallest absolute Gasteiger partial charge is 0.0708 e. The predicted molar refractivity (Wildman–Crippen MR) is 99.0 cm³/mol. The summed E-state index contributed by atoms with van der Waals surface area (Å²) in [5, 5.41) is 8.60. The summed E-state index contributed by atoms with van der Waals surface area (Å²) in [6.07, 6.45) is 2.76. The number of nitrogens with zero attached hydrogens (tertiary/aromatic N) is 1. The Morgan fingerprint density at radius 3 is 2.11 bits per heavy atom. The summed E-state index contributed by atoms with van der Waals surface area (Å²) in [6, 6.07) is 2.20. The van der Waals surface area contributed by atoms with Gasteiger partial charge < -0.3 is 0 Å². The largest absolute Gasteiger partial charge is 0.198 e. The van der Waals surface area contributed by atoms with E-state index < -0.39 is 0 Å². The van der Waals surface area contributed by atoms with Crippen LogP contribution in [0.5, 0.6) is 0 Å². The van der Waals surface area contributed by atoms with Crippen molar-refractivity contribution in [1.82, 2.24) is 0 Å². The highest BCUT2D eigenvalue weighted by molar-refractivity contribution is 8.40. The Kier molecular flexibility index (Phi) is 6.57. The minimum atomic E-state index is 0.624. The van der Waals surface area contributed by atoms with Crippen molar-refractivity contribution in [3.63, 3.8) is 0 Å². The highest BCUT2D eigenvalue weighted by Crippen LogP contribution is 2.62. The molecule has 0 saturated carbocycles. The zero-order valence-electron chi connectivity index (χ0n) is 10.8. The SMILES string of the molecule is CSC1=C(C)S/C(=C2\SC(C)=C(SCCC#N)S2)S1. The Morgan fingerprint density at radius 2 is 1.58 bits per heavy atom. The monoisotopic (exact) mass is 363 g/mol. The fraction of sp³-hybridized carbons (Fsp3) is 0.417. The second-order valence-corrected chi connectivity index (χ2v) is 11.1. The van der Waals surface area contributed by atoms with Crippen molar-refractivity contribution in [2.75, 3.05) is 12.0 Å². The van der Waals surface area contributed by atoms with E-state index in [4.69, 9.17) is 5.26 Å². The number of rotatable bonds is 4. The predicted octanol–water partition coefficient (Wildman–Crippen LogP) is 6.46. The third-order valence-electron chi connectivity index (χ3n) is 2.24. The van der Waals surface area contributed by atoms with Gasteiger partial charge in [-0.15, -0.1) is 23.5 Å². The van der Waals surface area contributed by atoms with Crippen molar-refractivity contribution in [3.8, 4) is 6.07 Å². The van der Waals surface area contributed by atoms with E-state index in [2.05, 4.69) is 26.2 Å². The maximum Gasteiger partial charge on any atom is 0.0708 e. The minimum absolute atomic E-state index is 0.624. The molecule has 0 spiro atoms. The van der Waals surface area contributed by atoms with Crippen LogP contribution in [-0.4, -0.2) is 12.0 Å². The van der Waals surface area contributed by atoms with Crippen molar-refractivity contribution in [1.29, 1.82) is 5.26 Å². The van der Waals surface area contributed by atoms with E-state index in [1.165, 1.54) is 26.8 Å². The second-order valence-electron chi connectivity index (χ2n) is 3.63. The van der Waals surface area contributed by atoms with E-state index in [1.807, 2.05) is 70.6 Å². The van der Waals surface area contributed by atoms with E-state index in [0.717, 1.165) is 5.75 Å². The maximum absolute atomic E-state index is 8.60. The molecule has 0 bridgehead atoms. The summed E-state index contributed by atoms with van der Waals surface area (Å²) in [6.45, 7) is 4.38. The fourth-order valence-electron chi connectivity index (χ4n) is 1.39. The first-order valence-corrected chi connectivity index (χ1v) is 11.0. The lowest BCUT2D eigenvalue weighted by Crippen LogP contribution is -1.75. The second kappa shape index (κ2) is 7.71. The Bertz CT molecular complexity index is 511. The van der Waals surface area contributed by atoms with Gasteiger partial charge in [0.1, 0.15) is 0 Å². The number of hydrogen-bond acceptors (Lipinski definition) is 7. The van der Waals surface area contributed by atoms with Crippen LogP contribution in [0.25, 0.3) is 0 Å². The topological polar surface area (TPSA) is 23.8 Å². The van der Waals surface area contributed by atoms with Gasteiger partial charge in [0.05, 0.1) is 23.0 Å².